The van der Waals surface area contributed by atoms with Gasteiger partial charge in [0, 0.05) is 27.2 Å². The van der Waals surface area contributed by atoms with E-state index in [1.54, 1.807) is 7.05 Å². The van der Waals surface area contributed by atoms with E-state index in [0.717, 1.165) is 18.1 Å². The summed E-state index contributed by atoms with van der Waals surface area (Å²) in [6.45, 7) is 1.47. The summed E-state index contributed by atoms with van der Waals surface area (Å²) in [5.41, 5.74) is 2.30. The van der Waals surface area contributed by atoms with Gasteiger partial charge < -0.3 is 15.1 Å². The molecule has 26 heavy (non-hydrogen) atoms. The van der Waals surface area contributed by atoms with Crippen LogP contribution in [0.25, 0.3) is 0 Å². The number of hydrogen-bond donors (Lipinski definition) is 1. The van der Waals surface area contributed by atoms with Crippen molar-refractivity contribution in [3.63, 3.8) is 0 Å². The molecule has 0 saturated carbocycles. The van der Waals surface area contributed by atoms with Crippen LogP contribution in [0.1, 0.15) is 17.2 Å². The Bertz CT molecular complexity index is 674. The van der Waals surface area contributed by atoms with Gasteiger partial charge in [0.1, 0.15) is 5.82 Å². The van der Waals surface area contributed by atoms with Crippen molar-refractivity contribution in [1.82, 2.24) is 15.1 Å². The molecule has 0 amide bonds. The van der Waals surface area contributed by atoms with E-state index in [9.17, 15) is 4.39 Å². The van der Waals surface area contributed by atoms with E-state index in [2.05, 4.69) is 32.2 Å². The molecular formula is C20H28FIN4. The molecule has 142 valence electrons. The molecule has 1 atom stereocenters. The molecule has 2 rings (SSSR count). The summed E-state index contributed by atoms with van der Waals surface area (Å²) in [7, 11) is 7.84. The Hall–Kier alpha value is -1.67. The number of nitrogens with one attached hydrogen (secondary N) is 1. The lowest BCUT2D eigenvalue weighted by Gasteiger charge is -2.28. The normalized spacial score (nSPS) is 12.5. The molecule has 0 aromatic heterocycles. The molecular weight excluding hydrogens is 442 g/mol. The van der Waals surface area contributed by atoms with Gasteiger partial charge in [0.15, 0.2) is 5.96 Å². The Morgan fingerprint density at radius 1 is 1.04 bits per heavy atom. The molecule has 6 heteroatoms. The average Bonchev–Trinajstić information content (AvgIpc) is 2.60. The Kier molecular flexibility index (Phi) is 9.58. The second-order valence-corrected chi connectivity index (χ2v) is 6.30. The number of guanidine groups is 1. The van der Waals surface area contributed by atoms with Crippen LogP contribution in [-0.4, -0.2) is 50.5 Å². The van der Waals surface area contributed by atoms with Crippen LogP contribution in [0.15, 0.2) is 59.6 Å². The Morgan fingerprint density at radius 3 is 2.19 bits per heavy atom. The van der Waals surface area contributed by atoms with Crippen LogP contribution in [0, 0.1) is 5.82 Å². The number of benzene rings is 2. The summed E-state index contributed by atoms with van der Waals surface area (Å²) in [6.07, 6.45) is 0. The fourth-order valence-electron chi connectivity index (χ4n) is 2.79. The second kappa shape index (κ2) is 11.1. The van der Waals surface area contributed by atoms with Crippen LogP contribution in [0.2, 0.25) is 0 Å². The number of hydrogen-bond acceptors (Lipinski definition) is 2. The maximum Gasteiger partial charge on any atom is 0.193 e. The second-order valence-electron chi connectivity index (χ2n) is 6.30. The predicted octanol–water partition coefficient (Wildman–Crippen LogP) is 3.75. The van der Waals surface area contributed by atoms with Gasteiger partial charge in [-0.2, -0.15) is 0 Å². The van der Waals surface area contributed by atoms with Crippen molar-refractivity contribution in [2.24, 2.45) is 4.99 Å². The molecule has 0 aliphatic carbocycles. The molecule has 1 unspecified atom stereocenters. The SMILES string of the molecule is CN=C(NCC(c1ccc(F)cc1)N(C)C)N(C)Cc1ccccc1.I. The van der Waals surface area contributed by atoms with E-state index >= 15 is 0 Å². The highest BCUT2D eigenvalue weighted by Gasteiger charge is 2.16. The quantitative estimate of drug-likeness (QED) is 0.397. The fourth-order valence-corrected chi connectivity index (χ4v) is 2.79. The van der Waals surface area contributed by atoms with E-state index < -0.39 is 0 Å². The van der Waals surface area contributed by atoms with Gasteiger partial charge in [0.05, 0.1) is 6.04 Å². The standard InChI is InChI=1S/C20H27FN4.HI/c1-22-20(25(4)15-16-8-6-5-7-9-16)23-14-19(24(2)3)17-10-12-18(21)13-11-17;/h5-13,19H,14-15H2,1-4H3,(H,22,23);1H. The average molecular weight is 470 g/mol. The topological polar surface area (TPSA) is 30.9 Å². The first kappa shape index (κ1) is 22.4. The monoisotopic (exact) mass is 470 g/mol. The molecule has 4 nitrogen and oxygen atoms in total. The molecule has 0 saturated heterocycles. The third-order valence-corrected chi connectivity index (χ3v) is 4.17. The van der Waals surface area contributed by atoms with Crippen LogP contribution < -0.4 is 5.32 Å². The predicted molar refractivity (Wildman–Crippen MR) is 118 cm³/mol. The van der Waals surface area contributed by atoms with E-state index in [4.69, 9.17) is 0 Å². The van der Waals surface area contributed by atoms with Crippen molar-refractivity contribution >= 4 is 29.9 Å². The third-order valence-electron chi connectivity index (χ3n) is 4.17. The number of aliphatic imine (C=N–C) groups is 1. The first-order valence-electron chi connectivity index (χ1n) is 8.39. The van der Waals surface area contributed by atoms with E-state index in [1.807, 2.05) is 51.5 Å². The largest absolute Gasteiger partial charge is 0.354 e. The molecule has 0 heterocycles. The highest BCUT2D eigenvalue weighted by Crippen LogP contribution is 2.18. The van der Waals surface area contributed by atoms with Crippen LogP contribution in [-0.2, 0) is 6.54 Å². The summed E-state index contributed by atoms with van der Waals surface area (Å²) >= 11 is 0. The van der Waals surface area contributed by atoms with Crippen molar-refractivity contribution in [2.45, 2.75) is 12.6 Å². The molecule has 0 aliphatic rings. The van der Waals surface area contributed by atoms with Crippen molar-refractivity contribution < 1.29 is 4.39 Å². The van der Waals surface area contributed by atoms with Gasteiger partial charge in [-0.3, -0.25) is 4.99 Å². The minimum atomic E-state index is -0.215. The third kappa shape index (κ3) is 6.57. The number of halogens is 2. The molecule has 2 aromatic rings. The Balaban J connectivity index is 0.00000338. The smallest absolute Gasteiger partial charge is 0.193 e. The van der Waals surface area contributed by atoms with Gasteiger partial charge in [0.25, 0.3) is 0 Å². The molecule has 0 radical (unpaired) electrons. The maximum atomic E-state index is 13.2. The lowest BCUT2D eigenvalue weighted by atomic mass is 10.1. The van der Waals surface area contributed by atoms with Crippen molar-refractivity contribution in [3.8, 4) is 0 Å². The van der Waals surface area contributed by atoms with Crippen molar-refractivity contribution in [3.05, 3.63) is 71.5 Å². The molecule has 0 bridgehead atoms. The highest BCUT2D eigenvalue weighted by molar-refractivity contribution is 14.0. The molecule has 0 spiro atoms. The van der Waals surface area contributed by atoms with Crippen LogP contribution in [0.5, 0.6) is 0 Å². The zero-order chi connectivity index (χ0) is 18.2. The van der Waals surface area contributed by atoms with Crippen molar-refractivity contribution in [2.75, 3.05) is 34.7 Å². The van der Waals surface area contributed by atoms with Gasteiger partial charge in [-0.15, -0.1) is 24.0 Å². The van der Waals surface area contributed by atoms with E-state index in [1.165, 1.54) is 17.7 Å². The summed E-state index contributed by atoms with van der Waals surface area (Å²) < 4.78 is 13.2. The van der Waals surface area contributed by atoms with E-state index in [-0.39, 0.29) is 35.8 Å². The van der Waals surface area contributed by atoms with Crippen molar-refractivity contribution in [1.29, 1.82) is 0 Å². The summed E-state index contributed by atoms with van der Waals surface area (Å²) in [5, 5.41) is 3.42. The minimum absolute atomic E-state index is 0. The van der Waals surface area contributed by atoms with Crippen LogP contribution in [0.3, 0.4) is 0 Å². The van der Waals surface area contributed by atoms with Crippen LogP contribution >= 0.6 is 24.0 Å². The summed E-state index contributed by atoms with van der Waals surface area (Å²) in [4.78, 5) is 8.58. The number of likely N-dealkylation sites (N-methyl/N-ethyl adjacent to an activating group) is 1. The minimum Gasteiger partial charge on any atom is -0.354 e. The zero-order valence-corrected chi connectivity index (χ0v) is 18.1. The van der Waals surface area contributed by atoms with E-state index in [0.29, 0.717) is 6.54 Å². The van der Waals surface area contributed by atoms with Gasteiger partial charge in [-0.25, -0.2) is 4.39 Å². The number of rotatable bonds is 6. The fraction of sp³-hybridized carbons (Fsp3) is 0.350. The lowest BCUT2D eigenvalue weighted by Crippen LogP contribution is -2.42. The summed E-state index contributed by atoms with van der Waals surface area (Å²) in [5.74, 6) is 0.616. The molecule has 1 N–H and O–H groups in total. The Morgan fingerprint density at radius 2 is 1.65 bits per heavy atom. The Labute approximate surface area is 173 Å². The maximum absolute atomic E-state index is 13.2. The molecule has 0 fully saturated rings. The summed E-state index contributed by atoms with van der Waals surface area (Å²) in [6, 6.07) is 17.1. The first-order valence-corrected chi connectivity index (χ1v) is 8.39. The van der Waals surface area contributed by atoms with Gasteiger partial charge in [0.2, 0.25) is 0 Å². The zero-order valence-electron chi connectivity index (χ0n) is 15.8. The van der Waals surface area contributed by atoms with Crippen LogP contribution in [0.4, 0.5) is 4.39 Å². The highest BCUT2D eigenvalue weighted by atomic mass is 127. The van der Waals surface area contributed by atoms with Gasteiger partial charge >= 0.3 is 0 Å². The van der Waals surface area contributed by atoms with Gasteiger partial charge in [-0.05, 0) is 37.4 Å². The molecule has 0 aliphatic heterocycles. The van der Waals surface area contributed by atoms with Gasteiger partial charge in [-0.1, -0.05) is 42.5 Å². The lowest BCUT2D eigenvalue weighted by molar-refractivity contribution is 0.295. The molecule has 2 aromatic carbocycles. The first-order chi connectivity index (χ1) is 12.0. The number of nitrogens with zero attached hydrogens (tertiary/aromatic N) is 3.